The number of rotatable bonds is 11. The van der Waals surface area contributed by atoms with Crippen molar-refractivity contribution in [1.29, 1.82) is 0 Å². The predicted octanol–water partition coefficient (Wildman–Crippen LogP) is 4.42. The number of methoxy groups -OCH3 is 1. The van der Waals surface area contributed by atoms with E-state index in [1.54, 1.807) is 42.6 Å². The maximum absolute atomic E-state index is 13.5. The number of fused-ring (bicyclic) bond motifs is 2. The lowest BCUT2D eigenvalue weighted by Gasteiger charge is -2.20. The molecule has 2 aliphatic rings. The molecule has 0 aliphatic carbocycles. The van der Waals surface area contributed by atoms with Crippen molar-refractivity contribution in [2.75, 3.05) is 24.4 Å². The number of aromatic nitrogens is 4. The average molecular weight is 970 g/mol. The third-order valence-electron chi connectivity index (χ3n) is 9.73. The number of primary amides is 1. The van der Waals surface area contributed by atoms with E-state index in [-0.39, 0.29) is 74.2 Å². The fourth-order valence-electron chi connectivity index (χ4n) is 6.65. The molecule has 0 unspecified atom stereocenters. The summed E-state index contributed by atoms with van der Waals surface area (Å²) in [4.78, 5) is 38.3. The van der Waals surface area contributed by atoms with Crippen molar-refractivity contribution in [3.05, 3.63) is 139 Å². The minimum absolute atomic E-state index is 0.0801. The van der Waals surface area contributed by atoms with Crippen LogP contribution < -0.4 is 37.0 Å². The number of benzene rings is 3. The van der Waals surface area contributed by atoms with E-state index in [2.05, 4.69) is 29.6 Å². The Balaban J connectivity index is 0.000000185. The molecule has 1 amide bonds. The van der Waals surface area contributed by atoms with Crippen LogP contribution in [0.15, 0.2) is 130 Å². The number of amidine groups is 2. The van der Waals surface area contributed by atoms with Crippen molar-refractivity contribution < 1.29 is 41.3 Å². The molecule has 66 heavy (non-hydrogen) atoms. The van der Waals surface area contributed by atoms with Crippen LogP contribution in [0.25, 0.3) is 21.1 Å². The van der Waals surface area contributed by atoms with Gasteiger partial charge in [-0.1, -0.05) is 42.5 Å². The number of anilines is 2. The zero-order valence-corrected chi connectivity index (χ0v) is 37.7. The van der Waals surface area contributed by atoms with Gasteiger partial charge in [-0.3, -0.25) is 14.4 Å². The van der Waals surface area contributed by atoms with E-state index >= 15 is 0 Å². The van der Waals surface area contributed by atoms with E-state index in [1.807, 2.05) is 35.7 Å². The van der Waals surface area contributed by atoms with Crippen molar-refractivity contribution >= 4 is 71.7 Å². The normalized spacial score (nSPS) is 14.2. The van der Waals surface area contributed by atoms with E-state index < -0.39 is 55.2 Å². The Bertz CT molecular complexity index is 3450. The molecule has 0 fully saturated rings. The van der Waals surface area contributed by atoms with Crippen LogP contribution in [0.1, 0.15) is 23.6 Å². The van der Waals surface area contributed by atoms with Gasteiger partial charge < -0.3 is 36.1 Å². The Kier molecular flexibility index (Phi) is 12.3. The second-order valence-electron chi connectivity index (χ2n) is 14.0. The number of amides is 1. The molecule has 24 heteroatoms. The smallest absolute Gasteiger partial charge is 0.286 e. The number of sulfonamides is 2. The number of aromatic hydroxyl groups is 2. The lowest BCUT2D eigenvalue weighted by Crippen LogP contribution is -2.34. The molecular weight excluding hydrogens is 935 g/mol. The van der Waals surface area contributed by atoms with Crippen LogP contribution in [0.4, 0.5) is 11.4 Å². The molecule has 2 aliphatic heterocycles. The molecule has 6 heterocycles. The summed E-state index contributed by atoms with van der Waals surface area (Å²) in [6, 6.07) is 24.6. The second kappa shape index (κ2) is 18.1. The molecule has 0 saturated heterocycles. The minimum Gasteiger partial charge on any atom is -0.505 e. The van der Waals surface area contributed by atoms with Crippen molar-refractivity contribution in [2.45, 2.75) is 29.8 Å². The van der Waals surface area contributed by atoms with Crippen LogP contribution in [0.3, 0.4) is 0 Å². The van der Waals surface area contributed by atoms with Gasteiger partial charge in [-0.25, -0.2) is 9.36 Å². The number of aryl methyl sites for hydroxylation is 1. The molecule has 338 valence electrons. The summed E-state index contributed by atoms with van der Waals surface area (Å²) in [5, 5.41) is 39.8. The standard InChI is InChI=1S/C24H19N5O6S2.C18H16N4O5S2/c25-19(30)13-35-15-8-9-16-18(11-15)37(33,34)28-23(26-16)20-22(31)21(17-7-4-10-36-17)27-29(24(20)32)12-14-5-2-1-3-6-14;1-3-22-18(24)14(16(23)15(20-22)12-5-4-8-28-12)17-19-11-7-6-10(27-2)9-13(11)29(25,26)21-17/h1-11,31H,12-13H2,(H2,25,30)(H,26,28);4-9,23H,3H2,1-2H3,(H,19,21). The SMILES string of the molecule is CCn1nc(-c2cccs2)c(O)c(C2=NS(=O)(=O)c3cc(OC)ccc3N2)c1=O.NC(=O)COc1ccc2c(c1)S(=O)(=O)N=C(c1c(O)c(-c3cccs3)nn(Cc3ccccc3)c1=O)N2. The van der Waals surface area contributed by atoms with Crippen LogP contribution >= 0.6 is 22.7 Å². The van der Waals surface area contributed by atoms with Gasteiger partial charge in [0.25, 0.3) is 37.1 Å². The lowest BCUT2D eigenvalue weighted by molar-refractivity contribution is -0.119. The molecule has 0 atom stereocenters. The molecule has 0 saturated carbocycles. The molecule has 3 aromatic carbocycles. The quantitative estimate of drug-likeness (QED) is 0.120. The Hall–Kier alpha value is -7.67. The summed E-state index contributed by atoms with van der Waals surface area (Å²) in [7, 11) is -7.02. The maximum atomic E-state index is 13.5. The number of ether oxygens (including phenoxy) is 2. The maximum Gasteiger partial charge on any atom is 0.286 e. The summed E-state index contributed by atoms with van der Waals surface area (Å²) >= 11 is 2.63. The topological polar surface area (TPSA) is 289 Å². The number of nitrogens with two attached hydrogens (primary N) is 1. The van der Waals surface area contributed by atoms with Gasteiger partial charge in [0.05, 0.1) is 34.8 Å². The summed E-state index contributed by atoms with van der Waals surface area (Å²) in [6.07, 6.45) is 0. The highest BCUT2D eigenvalue weighted by Crippen LogP contribution is 2.38. The van der Waals surface area contributed by atoms with E-state index in [9.17, 15) is 41.4 Å². The zero-order valence-electron chi connectivity index (χ0n) is 34.4. The van der Waals surface area contributed by atoms with E-state index in [4.69, 9.17) is 15.2 Å². The number of thiophene rings is 2. The first-order chi connectivity index (χ1) is 31.6. The average Bonchev–Trinajstić information content (AvgIpc) is 4.04. The molecule has 7 aromatic rings. The number of nitrogens with one attached hydrogen (secondary N) is 2. The van der Waals surface area contributed by atoms with Gasteiger partial charge in [0.2, 0.25) is 0 Å². The number of hydrogen-bond acceptors (Lipinski definition) is 17. The molecule has 6 N–H and O–H groups in total. The Morgan fingerprint density at radius 2 is 1.21 bits per heavy atom. The number of carbonyl (C=O) groups excluding carboxylic acids is 1. The number of nitrogens with zero attached hydrogens (tertiary/aromatic N) is 6. The van der Waals surface area contributed by atoms with Crippen LogP contribution in [0.5, 0.6) is 23.0 Å². The number of hydrogen-bond donors (Lipinski definition) is 5. The first kappa shape index (κ1) is 44.9. The predicted molar refractivity (Wildman–Crippen MR) is 247 cm³/mol. The largest absolute Gasteiger partial charge is 0.505 e. The van der Waals surface area contributed by atoms with Crippen LogP contribution in [0, 0.1) is 0 Å². The molecule has 9 rings (SSSR count). The summed E-state index contributed by atoms with van der Waals surface area (Å²) in [6.45, 7) is 1.61. The molecule has 0 radical (unpaired) electrons. The third-order valence-corrected chi connectivity index (χ3v) is 14.1. The molecule has 0 spiro atoms. The van der Waals surface area contributed by atoms with E-state index in [0.717, 1.165) is 14.9 Å². The zero-order chi connectivity index (χ0) is 46.9. The third kappa shape index (κ3) is 8.88. The fourth-order valence-corrected chi connectivity index (χ4v) is 10.3. The molecular formula is C42H35N9O11S4. The summed E-state index contributed by atoms with van der Waals surface area (Å²) in [5.74, 6) is -1.80. The van der Waals surface area contributed by atoms with Gasteiger partial charge in [-0.15, -0.1) is 31.5 Å². The van der Waals surface area contributed by atoms with Gasteiger partial charge in [0, 0.05) is 18.7 Å². The highest BCUT2D eigenvalue weighted by Gasteiger charge is 2.33. The van der Waals surface area contributed by atoms with E-state index in [0.29, 0.717) is 15.5 Å². The minimum atomic E-state index is -4.32. The van der Waals surface area contributed by atoms with Crippen molar-refractivity contribution in [3.63, 3.8) is 0 Å². The van der Waals surface area contributed by atoms with Gasteiger partial charge >= 0.3 is 0 Å². The molecule has 4 aromatic heterocycles. The number of carbonyl (C=O) groups is 1. The van der Waals surface area contributed by atoms with Gasteiger partial charge in [-0.05, 0) is 59.6 Å². The Morgan fingerprint density at radius 1 is 0.712 bits per heavy atom. The fraction of sp³-hybridized carbons (Fsp3) is 0.119. The van der Waals surface area contributed by atoms with Crippen LogP contribution in [0.2, 0.25) is 0 Å². The van der Waals surface area contributed by atoms with Gasteiger partial charge in [-0.2, -0.15) is 27.0 Å². The van der Waals surface area contributed by atoms with Gasteiger partial charge in [0.1, 0.15) is 43.8 Å². The first-order valence-electron chi connectivity index (χ1n) is 19.4. The lowest BCUT2D eigenvalue weighted by atomic mass is 10.1. The second-order valence-corrected chi connectivity index (χ2v) is 19.1. The first-order valence-corrected chi connectivity index (χ1v) is 24.0. The highest BCUT2D eigenvalue weighted by atomic mass is 32.2. The Morgan fingerprint density at radius 3 is 1.70 bits per heavy atom. The van der Waals surface area contributed by atoms with Crippen molar-refractivity contribution in [3.8, 4) is 44.1 Å². The van der Waals surface area contributed by atoms with Crippen molar-refractivity contribution in [1.82, 2.24) is 19.6 Å². The van der Waals surface area contributed by atoms with Gasteiger partial charge in [0.15, 0.2) is 29.8 Å². The van der Waals surface area contributed by atoms with Crippen LogP contribution in [-0.2, 0) is 37.9 Å². The van der Waals surface area contributed by atoms with Crippen molar-refractivity contribution in [2.24, 2.45) is 14.5 Å². The van der Waals surface area contributed by atoms with E-state index in [1.165, 1.54) is 60.1 Å². The highest BCUT2D eigenvalue weighted by molar-refractivity contribution is 7.91. The monoisotopic (exact) mass is 969 g/mol. The Labute approximate surface area is 382 Å². The summed E-state index contributed by atoms with van der Waals surface area (Å²) < 4.78 is 71.7. The molecule has 20 nitrogen and oxygen atoms in total. The van der Waals surface area contributed by atoms with Crippen LogP contribution in [-0.4, -0.2) is 77.9 Å². The summed E-state index contributed by atoms with van der Waals surface area (Å²) in [5.41, 5.74) is 4.52. The molecule has 0 bridgehead atoms.